The quantitative estimate of drug-likeness (QED) is 0.482. The van der Waals surface area contributed by atoms with Crippen LogP contribution in [0.1, 0.15) is 30.1 Å². The van der Waals surface area contributed by atoms with Gasteiger partial charge in [-0.05, 0) is 49.7 Å². The first-order valence-corrected chi connectivity index (χ1v) is 12.2. The normalized spacial score (nSPS) is 11.1. The molecule has 0 heterocycles. The van der Waals surface area contributed by atoms with Gasteiger partial charge in [0.2, 0.25) is 15.9 Å². The monoisotopic (exact) mass is 506 g/mol. The van der Waals surface area contributed by atoms with E-state index in [4.69, 9.17) is 39.5 Å². The van der Waals surface area contributed by atoms with E-state index in [0.29, 0.717) is 10.7 Å². The van der Waals surface area contributed by atoms with Gasteiger partial charge in [0.1, 0.15) is 0 Å². The van der Waals surface area contributed by atoms with Gasteiger partial charge >= 0.3 is 5.97 Å². The zero-order valence-electron chi connectivity index (χ0n) is 16.8. The van der Waals surface area contributed by atoms with Crippen LogP contribution in [0.2, 0.25) is 15.1 Å². The molecule has 1 N–H and O–H groups in total. The molecule has 1 amide bonds. The van der Waals surface area contributed by atoms with E-state index in [2.05, 4.69) is 5.32 Å². The molecule has 0 aliphatic heterocycles. The summed E-state index contributed by atoms with van der Waals surface area (Å²) in [5.74, 6) is -0.950. The van der Waals surface area contributed by atoms with Crippen molar-refractivity contribution in [2.75, 3.05) is 29.0 Å². The Balaban J connectivity index is 2.04. The van der Waals surface area contributed by atoms with Crippen LogP contribution < -0.4 is 9.62 Å². The molecule has 2 aromatic carbocycles. The van der Waals surface area contributed by atoms with Crippen molar-refractivity contribution in [3.05, 3.63) is 57.0 Å². The summed E-state index contributed by atoms with van der Waals surface area (Å²) in [5.41, 5.74) is 0.754. The highest BCUT2D eigenvalue weighted by Crippen LogP contribution is 2.31. The molecule has 0 aliphatic carbocycles. The molecule has 0 unspecified atom stereocenters. The first-order valence-electron chi connectivity index (χ1n) is 9.22. The van der Waals surface area contributed by atoms with Crippen molar-refractivity contribution in [3.8, 4) is 0 Å². The van der Waals surface area contributed by atoms with E-state index in [9.17, 15) is 18.0 Å². The third-order valence-electron chi connectivity index (χ3n) is 4.09. The number of anilines is 2. The Hall–Kier alpha value is -2.00. The van der Waals surface area contributed by atoms with E-state index >= 15 is 0 Å². The number of benzene rings is 2. The third kappa shape index (κ3) is 7.28. The smallest absolute Gasteiger partial charge is 0.339 e. The molecule has 0 aromatic heterocycles. The average Bonchev–Trinajstić information content (AvgIpc) is 2.68. The Morgan fingerprint density at radius 1 is 1.06 bits per heavy atom. The number of sulfonamides is 1. The number of halogens is 3. The zero-order chi connectivity index (χ0) is 23.2. The minimum atomic E-state index is -3.65. The molecule has 0 radical (unpaired) electrons. The fraction of sp³-hybridized carbons (Fsp3) is 0.300. The van der Waals surface area contributed by atoms with Crippen LogP contribution in [-0.2, 0) is 19.6 Å². The Bertz CT molecular complexity index is 1080. The molecular weight excluding hydrogens is 487 g/mol. The van der Waals surface area contributed by atoms with Gasteiger partial charge in [0.05, 0.1) is 34.2 Å². The number of nitrogens with one attached hydrogen (secondary N) is 1. The Morgan fingerprint density at radius 2 is 1.74 bits per heavy atom. The highest BCUT2D eigenvalue weighted by molar-refractivity contribution is 7.92. The summed E-state index contributed by atoms with van der Waals surface area (Å²) in [4.78, 5) is 24.2. The topological polar surface area (TPSA) is 92.8 Å². The minimum absolute atomic E-state index is 0.0288. The second-order valence-electron chi connectivity index (χ2n) is 6.50. The lowest BCUT2D eigenvalue weighted by atomic mass is 10.2. The SMILES string of the molecule is CCOC(=O)c1cc(NC(=O)CCCN(c2cc(Cl)ccc2Cl)S(C)(=O)=O)ccc1Cl. The highest BCUT2D eigenvalue weighted by Gasteiger charge is 2.21. The van der Waals surface area contributed by atoms with Crippen molar-refractivity contribution in [3.63, 3.8) is 0 Å². The highest BCUT2D eigenvalue weighted by atomic mass is 35.5. The maximum absolute atomic E-state index is 12.3. The predicted molar refractivity (Wildman–Crippen MR) is 124 cm³/mol. The fourth-order valence-electron chi connectivity index (χ4n) is 2.72. The number of carbonyl (C=O) groups excluding carboxylic acids is 2. The summed E-state index contributed by atoms with van der Waals surface area (Å²) < 4.78 is 30.5. The van der Waals surface area contributed by atoms with Crippen molar-refractivity contribution in [1.82, 2.24) is 0 Å². The molecule has 0 fully saturated rings. The third-order valence-corrected chi connectivity index (χ3v) is 6.15. The molecule has 0 bridgehead atoms. The molecule has 168 valence electrons. The standard InChI is InChI=1S/C20H21Cl3N2O5S/c1-3-30-20(27)15-12-14(7-9-16(15)22)24-19(26)5-4-10-25(31(2,28)29)18-11-13(21)6-8-17(18)23/h6-9,11-12H,3-5,10H2,1-2H3,(H,24,26). The summed E-state index contributed by atoms with van der Waals surface area (Å²) in [7, 11) is -3.65. The van der Waals surface area contributed by atoms with E-state index in [1.165, 1.54) is 24.3 Å². The number of rotatable bonds is 9. The van der Waals surface area contributed by atoms with Gasteiger partial charge < -0.3 is 10.1 Å². The lowest BCUT2D eigenvalue weighted by Crippen LogP contribution is -2.31. The Kier molecular flexibility index (Phi) is 9.00. The number of esters is 1. The number of amides is 1. The van der Waals surface area contributed by atoms with Crippen molar-refractivity contribution in [2.45, 2.75) is 19.8 Å². The predicted octanol–water partition coefficient (Wildman–Crippen LogP) is 5.01. The number of nitrogens with zero attached hydrogens (tertiary/aromatic N) is 1. The van der Waals surface area contributed by atoms with E-state index in [1.807, 2.05) is 0 Å². The first kappa shape index (κ1) is 25.3. The number of carbonyl (C=O) groups is 2. The van der Waals surface area contributed by atoms with Gasteiger partial charge in [0, 0.05) is 23.7 Å². The molecule has 2 aromatic rings. The number of hydrogen-bond donors (Lipinski definition) is 1. The maximum atomic E-state index is 12.3. The largest absolute Gasteiger partial charge is 0.462 e. The molecule has 0 saturated carbocycles. The van der Waals surface area contributed by atoms with E-state index in [1.54, 1.807) is 19.1 Å². The first-order chi connectivity index (χ1) is 14.5. The van der Waals surface area contributed by atoms with Gasteiger partial charge in [0.15, 0.2) is 0 Å². The average molecular weight is 508 g/mol. The second kappa shape index (κ2) is 11.0. The molecule has 31 heavy (non-hydrogen) atoms. The van der Waals surface area contributed by atoms with Gasteiger partial charge in [0.25, 0.3) is 0 Å². The minimum Gasteiger partial charge on any atom is -0.462 e. The molecule has 11 heteroatoms. The van der Waals surface area contributed by atoms with Gasteiger partial charge in [-0.2, -0.15) is 0 Å². The van der Waals surface area contributed by atoms with Crippen LogP contribution in [-0.4, -0.2) is 39.7 Å². The summed E-state index contributed by atoms with van der Waals surface area (Å²) in [6.45, 7) is 1.90. The van der Waals surface area contributed by atoms with Crippen molar-refractivity contribution in [2.24, 2.45) is 0 Å². The molecule has 0 aliphatic rings. The molecule has 0 atom stereocenters. The lowest BCUT2D eigenvalue weighted by Gasteiger charge is -2.23. The zero-order valence-corrected chi connectivity index (χ0v) is 19.9. The molecule has 0 saturated heterocycles. The van der Waals surface area contributed by atoms with Gasteiger partial charge in [-0.1, -0.05) is 34.8 Å². The van der Waals surface area contributed by atoms with Crippen LogP contribution in [0.15, 0.2) is 36.4 Å². The van der Waals surface area contributed by atoms with Crippen LogP contribution >= 0.6 is 34.8 Å². The van der Waals surface area contributed by atoms with Gasteiger partial charge in [-0.3, -0.25) is 9.10 Å². The van der Waals surface area contributed by atoms with Crippen LogP contribution in [0, 0.1) is 0 Å². The summed E-state index contributed by atoms with van der Waals surface area (Å²) >= 11 is 18.1. The van der Waals surface area contributed by atoms with Crippen molar-refractivity contribution < 1.29 is 22.7 Å². The molecule has 0 spiro atoms. The Labute approximate surface area is 196 Å². The van der Waals surface area contributed by atoms with Crippen LogP contribution in [0.4, 0.5) is 11.4 Å². The van der Waals surface area contributed by atoms with Crippen LogP contribution in [0.5, 0.6) is 0 Å². The van der Waals surface area contributed by atoms with E-state index < -0.39 is 16.0 Å². The van der Waals surface area contributed by atoms with Gasteiger partial charge in [-0.25, -0.2) is 13.2 Å². The lowest BCUT2D eigenvalue weighted by molar-refractivity contribution is -0.116. The fourth-order valence-corrected chi connectivity index (χ4v) is 4.32. The van der Waals surface area contributed by atoms with Crippen molar-refractivity contribution in [1.29, 1.82) is 0 Å². The van der Waals surface area contributed by atoms with E-state index in [-0.39, 0.29) is 53.2 Å². The number of hydrogen-bond acceptors (Lipinski definition) is 5. The Morgan fingerprint density at radius 3 is 2.39 bits per heavy atom. The summed E-state index contributed by atoms with van der Waals surface area (Å²) in [6.07, 6.45) is 1.30. The number of ether oxygens (including phenoxy) is 1. The van der Waals surface area contributed by atoms with Crippen LogP contribution in [0.25, 0.3) is 0 Å². The molecular formula is C20H21Cl3N2O5S. The summed E-state index contributed by atoms with van der Waals surface area (Å²) in [6, 6.07) is 8.97. The van der Waals surface area contributed by atoms with Crippen LogP contribution in [0.3, 0.4) is 0 Å². The summed E-state index contributed by atoms with van der Waals surface area (Å²) in [5, 5.41) is 3.43. The molecule has 7 nitrogen and oxygen atoms in total. The molecule has 2 rings (SSSR count). The second-order valence-corrected chi connectivity index (χ2v) is 9.66. The van der Waals surface area contributed by atoms with E-state index in [0.717, 1.165) is 10.6 Å². The van der Waals surface area contributed by atoms with Crippen molar-refractivity contribution >= 4 is 68.1 Å². The van der Waals surface area contributed by atoms with Gasteiger partial charge in [-0.15, -0.1) is 0 Å². The maximum Gasteiger partial charge on any atom is 0.339 e.